The molecule has 2 atom stereocenters. The topological polar surface area (TPSA) is 101 Å². The molecule has 0 spiro atoms. The van der Waals surface area contributed by atoms with E-state index in [4.69, 9.17) is 5.11 Å². The van der Waals surface area contributed by atoms with E-state index in [1.807, 2.05) is 6.07 Å². The van der Waals surface area contributed by atoms with E-state index >= 15 is 0 Å². The predicted octanol–water partition coefficient (Wildman–Crippen LogP) is 2.89. The SMILES string of the molecule is CC(Cc1ccc(-c2ccccc2)c([N+](=O)[O-])c1)C(O)C(=O)O. The lowest BCUT2D eigenvalue weighted by atomic mass is 9.93. The van der Waals surface area contributed by atoms with Gasteiger partial charge in [-0.1, -0.05) is 43.3 Å². The van der Waals surface area contributed by atoms with E-state index in [1.54, 1.807) is 43.3 Å². The molecule has 0 fully saturated rings. The minimum atomic E-state index is -1.50. The average Bonchev–Trinajstić information content (AvgIpc) is 2.54. The van der Waals surface area contributed by atoms with Gasteiger partial charge >= 0.3 is 5.97 Å². The Balaban J connectivity index is 2.33. The van der Waals surface area contributed by atoms with Crippen LogP contribution in [0.25, 0.3) is 11.1 Å². The summed E-state index contributed by atoms with van der Waals surface area (Å²) < 4.78 is 0. The lowest BCUT2D eigenvalue weighted by Gasteiger charge is -2.15. The van der Waals surface area contributed by atoms with Crippen molar-refractivity contribution < 1.29 is 19.9 Å². The zero-order valence-corrected chi connectivity index (χ0v) is 12.5. The zero-order chi connectivity index (χ0) is 17.0. The Kier molecular flexibility index (Phi) is 5.08. The number of aliphatic carboxylic acids is 1. The van der Waals surface area contributed by atoms with Gasteiger partial charge in [-0.15, -0.1) is 0 Å². The number of carboxylic acid groups (broad SMARTS) is 1. The Hall–Kier alpha value is -2.73. The normalized spacial score (nSPS) is 13.3. The fourth-order valence-corrected chi connectivity index (χ4v) is 2.44. The molecular weight excluding hydrogens is 298 g/mol. The molecule has 6 heteroatoms. The van der Waals surface area contributed by atoms with E-state index in [2.05, 4.69) is 0 Å². The Morgan fingerprint density at radius 2 is 1.87 bits per heavy atom. The van der Waals surface area contributed by atoms with Crippen LogP contribution in [0.5, 0.6) is 0 Å². The number of rotatable bonds is 6. The monoisotopic (exact) mass is 315 g/mol. The Morgan fingerprint density at radius 3 is 2.43 bits per heavy atom. The number of aliphatic hydroxyl groups is 1. The van der Waals surface area contributed by atoms with E-state index < -0.39 is 22.9 Å². The smallest absolute Gasteiger partial charge is 0.332 e. The van der Waals surface area contributed by atoms with Crippen LogP contribution in [0.4, 0.5) is 5.69 Å². The maximum Gasteiger partial charge on any atom is 0.332 e. The van der Waals surface area contributed by atoms with Gasteiger partial charge in [-0.25, -0.2) is 4.79 Å². The van der Waals surface area contributed by atoms with Gasteiger partial charge in [0.25, 0.3) is 5.69 Å². The van der Waals surface area contributed by atoms with Crippen molar-refractivity contribution in [3.63, 3.8) is 0 Å². The van der Waals surface area contributed by atoms with Gasteiger partial charge < -0.3 is 10.2 Å². The van der Waals surface area contributed by atoms with Crippen LogP contribution in [0, 0.1) is 16.0 Å². The van der Waals surface area contributed by atoms with Crippen molar-refractivity contribution in [2.24, 2.45) is 5.92 Å². The lowest BCUT2D eigenvalue weighted by Crippen LogP contribution is -2.28. The highest BCUT2D eigenvalue weighted by Crippen LogP contribution is 2.31. The maximum absolute atomic E-state index is 11.3. The van der Waals surface area contributed by atoms with Crippen molar-refractivity contribution in [1.82, 2.24) is 0 Å². The number of benzene rings is 2. The van der Waals surface area contributed by atoms with E-state index in [0.29, 0.717) is 11.1 Å². The summed E-state index contributed by atoms with van der Waals surface area (Å²) in [6.07, 6.45) is -1.26. The summed E-state index contributed by atoms with van der Waals surface area (Å²) >= 11 is 0. The minimum absolute atomic E-state index is 0.0364. The summed E-state index contributed by atoms with van der Waals surface area (Å²) in [7, 11) is 0. The van der Waals surface area contributed by atoms with Crippen molar-refractivity contribution >= 4 is 11.7 Å². The quantitative estimate of drug-likeness (QED) is 0.630. The van der Waals surface area contributed by atoms with Crippen LogP contribution >= 0.6 is 0 Å². The zero-order valence-electron chi connectivity index (χ0n) is 12.5. The predicted molar refractivity (Wildman–Crippen MR) is 85.0 cm³/mol. The molecule has 0 amide bonds. The fourth-order valence-electron chi connectivity index (χ4n) is 2.44. The van der Waals surface area contributed by atoms with E-state index in [0.717, 1.165) is 5.56 Å². The summed E-state index contributed by atoms with van der Waals surface area (Å²) in [6, 6.07) is 13.8. The van der Waals surface area contributed by atoms with Crippen molar-refractivity contribution in [2.45, 2.75) is 19.4 Å². The molecule has 0 saturated carbocycles. The van der Waals surface area contributed by atoms with Gasteiger partial charge in [0.05, 0.1) is 10.5 Å². The largest absolute Gasteiger partial charge is 0.479 e. The molecule has 2 unspecified atom stereocenters. The molecule has 2 aromatic rings. The number of nitro groups is 1. The van der Waals surface area contributed by atoms with E-state index in [9.17, 15) is 20.0 Å². The highest BCUT2D eigenvalue weighted by Gasteiger charge is 2.23. The second-order valence-electron chi connectivity index (χ2n) is 5.44. The third-order valence-corrected chi connectivity index (χ3v) is 3.69. The van der Waals surface area contributed by atoms with Gasteiger partial charge in [0.1, 0.15) is 0 Å². The Morgan fingerprint density at radius 1 is 1.22 bits per heavy atom. The average molecular weight is 315 g/mol. The maximum atomic E-state index is 11.3. The van der Waals surface area contributed by atoms with E-state index in [-0.39, 0.29) is 12.1 Å². The van der Waals surface area contributed by atoms with Crippen molar-refractivity contribution in [3.05, 3.63) is 64.2 Å². The summed E-state index contributed by atoms with van der Waals surface area (Å²) in [5, 5.41) is 29.7. The first-order valence-electron chi connectivity index (χ1n) is 7.13. The first-order valence-corrected chi connectivity index (χ1v) is 7.13. The fraction of sp³-hybridized carbons (Fsp3) is 0.235. The molecule has 0 saturated heterocycles. The van der Waals surface area contributed by atoms with Crippen LogP contribution in [0.3, 0.4) is 0 Å². The number of hydrogen-bond donors (Lipinski definition) is 2. The summed E-state index contributed by atoms with van der Waals surface area (Å²) in [6.45, 7) is 1.59. The minimum Gasteiger partial charge on any atom is -0.479 e. The van der Waals surface area contributed by atoms with Crippen LogP contribution < -0.4 is 0 Å². The Bertz CT molecular complexity index is 714. The van der Waals surface area contributed by atoms with Crippen molar-refractivity contribution in [1.29, 1.82) is 0 Å². The summed E-state index contributed by atoms with van der Waals surface area (Å²) in [5.74, 6) is -1.84. The number of nitrogens with zero attached hydrogens (tertiary/aromatic N) is 1. The van der Waals surface area contributed by atoms with Gasteiger partial charge in [0.15, 0.2) is 6.10 Å². The molecule has 23 heavy (non-hydrogen) atoms. The molecule has 0 aliphatic carbocycles. The van der Waals surface area contributed by atoms with Crippen LogP contribution in [-0.2, 0) is 11.2 Å². The molecule has 0 heterocycles. The number of aliphatic hydroxyl groups excluding tert-OH is 1. The molecule has 2 rings (SSSR count). The molecule has 0 radical (unpaired) electrons. The van der Waals surface area contributed by atoms with E-state index in [1.165, 1.54) is 6.07 Å². The molecule has 2 N–H and O–H groups in total. The first kappa shape index (κ1) is 16.6. The highest BCUT2D eigenvalue weighted by molar-refractivity contribution is 5.74. The number of hydrogen-bond acceptors (Lipinski definition) is 4. The number of carbonyl (C=O) groups is 1. The van der Waals surface area contributed by atoms with Crippen LogP contribution in [-0.4, -0.2) is 27.2 Å². The molecule has 0 bridgehead atoms. The van der Waals surface area contributed by atoms with Crippen LogP contribution in [0.15, 0.2) is 48.5 Å². The second-order valence-corrected chi connectivity index (χ2v) is 5.44. The van der Waals surface area contributed by atoms with Crippen LogP contribution in [0.2, 0.25) is 0 Å². The molecular formula is C17H17NO5. The molecule has 2 aromatic carbocycles. The lowest BCUT2D eigenvalue weighted by molar-refractivity contribution is -0.384. The molecule has 120 valence electrons. The van der Waals surface area contributed by atoms with Gasteiger partial charge in [-0.2, -0.15) is 0 Å². The van der Waals surface area contributed by atoms with Gasteiger partial charge in [-0.3, -0.25) is 10.1 Å². The van der Waals surface area contributed by atoms with Crippen LogP contribution in [0.1, 0.15) is 12.5 Å². The second kappa shape index (κ2) is 7.02. The highest BCUT2D eigenvalue weighted by atomic mass is 16.6. The van der Waals surface area contributed by atoms with Gasteiger partial charge in [0, 0.05) is 6.07 Å². The standard InChI is InChI=1S/C17H17NO5/c1-11(16(19)17(20)21)9-12-7-8-14(15(10-12)18(22)23)13-5-3-2-4-6-13/h2-8,10-11,16,19H,9H2,1H3,(H,20,21). The van der Waals surface area contributed by atoms with Crippen molar-refractivity contribution in [2.75, 3.05) is 0 Å². The molecule has 0 aromatic heterocycles. The molecule has 6 nitrogen and oxygen atoms in total. The third kappa shape index (κ3) is 3.92. The van der Waals surface area contributed by atoms with Gasteiger partial charge in [-0.05, 0) is 29.5 Å². The first-order chi connectivity index (χ1) is 10.9. The third-order valence-electron chi connectivity index (χ3n) is 3.69. The summed E-state index contributed by atoms with van der Waals surface area (Å²) in [5.41, 5.74) is 1.82. The Labute approximate surface area is 133 Å². The summed E-state index contributed by atoms with van der Waals surface area (Å²) in [4.78, 5) is 21.7. The van der Waals surface area contributed by atoms with Crippen molar-refractivity contribution in [3.8, 4) is 11.1 Å². The number of nitro benzene ring substituents is 1. The number of carboxylic acids is 1. The van der Waals surface area contributed by atoms with Gasteiger partial charge in [0.2, 0.25) is 0 Å². The molecule has 0 aliphatic rings. The molecule has 0 aliphatic heterocycles.